The van der Waals surface area contributed by atoms with Gasteiger partial charge in [0.05, 0.1) is 34.2 Å². The van der Waals surface area contributed by atoms with Gasteiger partial charge in [-0.15, -0.1) is 0 Å². The lowest BCUT2D eigenvalue weighted by Gasteiger charge is -2.12. The summed E-state index contributed by atoms with van der Waals surface area (Å²) in [5, 5.41) is 9.11. The molecule has 152 valence electrons. The first-order valence-corrected chi connectivity index (χ1v) is 10.7. The number of rotatable bonds is 4. The Labute approximate surface area is 187 Å². The molecule has 2 aromatic carbocycles. The number of hydrogen-bond donors (Lipinski definition) is 1. The summed E-state index contributed by atoms with van der Waals surface area (Å²) in [7, 11) is 0. The highest BCUT2D eigenvalue weighted by molar-refractivity contribution is 9.10. The van der Waals surface area contributed by atoms with Crippen LogP contribution in [0.3, 0.4) is 0 Å². The van der Waals surface area contributed by atoms with Gasteiger partial charge in [0.1, 0.15) is 0 Å². The molecule has 1 amide bonds. The van der Waals surface area contributed by atoms with Gasteiger partial charge in [0, 0.05) is 39.7 Å². The lowest BCUT2D eigenvalue weighted by atomic mass is 10.0. The van der Waals surface area contributed by atoms with E-state index in [0.717, 1.165) is 38.4 Å². The molecule has 0 bridgehead atoms. The molecule has 5 rings (SSSR count). The molecular formula is C24H18BrN5O. The van der Waals surface area contributed by atoms with Gasteiger partial charge >= 0.3 is 0 Å². The zero-order chi connectivity index (χ0) is 21.4. The van der Waals surface area contributed by atoms with Crippen LogP contribution in [0.25, 0.3) is 33.1 Å². The number of fused-ring (bicyclic) bond motifs is 2. The van der Waals surface area contributed by atoms with Crippen molar-refractivity contribution in [2.75, 3.05) is 5.32 Å². The fourth-order valence-electron chi connectivity index (χ4n) is 3.61. The number of pyridine rings is 2. The van der Waals surface area contributed by atoms with Crippen molar-refractivity contribution in [1.29, 1.82) is 0 Å². The normalized spacial score (nSPS) is 11.2. The van der Waals surface area contributed by atoms with E-state index in [2.05, 4.69) is 31.3 Å². The van der Waals surface area contributed by atoms with Crippen molar-refractivity contribution in [3.05, 3.63) is 83.2 Å². The molecule has 7 heteroatoms. The number of nitrogens with zero attached hydrogens (tertiary/aromatic N) is 4. The van der Waals surface area contributed by atoms with Crippen LogP contribution in [0.15, 0.2) is 77.7 Å². The molecule has 6 nitrogen and oxygen atoms in total. The standard InChI is InChI=1S/C24H18BrN5O/c1-2-30-14-15(13-27-30)22-12-18(16-6-3-4-8-20(16)28-22)24(31)29-21-10-9-19(25)17-7-5-11-26-23(17)21/h3-14H,2H2,1H3,(H,29,31). The summed E-state index contributed by atoms with van der Waals surface area (Å²) >= 11 is 3.55. The van der Waals surface area contributed by atoms with Crippen LogP contribution in [0.2, 0.25) is 0 Å². The van der Waals surface area contributed by atoms with Gasteiger partial charge in [-0.05, 0) is 37.3 Å². The largest absolute Gasteiger partial charge is 0.320 e. The molecule has 0 spiro atoms. The third kappa shape index (κ3) is 3.57. The summed E-state index contributed by atoms with van der Waals surface area (Å²) in [6.45, 7) is 2.80. The zero-order valence-corrected chi connectivity index (χ0v) is 18.3. The Morgan fingerprint density at radius 3 is 2.77 bits per heavy atom. The van der Waals surface area contributed by atoms with Gasteiger partial charge in [0.2, 0.25) is 0 Å². The van der Waals surface area contributed by atoms with E-state index in [1.807, 2.05) is 72.4 Å². The van der Waals surface area contributed by atoms with Crippen LogP contribution in [0, 0.1) is 0 Å². The van der Waals surface area contributed by atoms with Crippen molar-refractivity contribution in [2.45, 2.75) is 13.5 Å². The van der Waals surface area contributed by atoms with Crippen molar-refractivity contribution in [1.82, 2.24) is 19.7 Å². The van der Waals surface area contributed by atoms with Crippen LogP contribution in [0.5, 0.6) is 0 Å². The van der Waals surface area contributed by atoms with Crippen LogP contribution in [-0.4, -0.2) is 25.7 Å². The molecule has 0 saturated heterocycles. The van der Waals surface area contributed by atoms with Gasteiger partial charge in [0.25, 0.3) is 5.91 Å². The Bertz CT molecular complexity index is 1440. The molecule has 0 aliphatic rings. The van der Waals surface area contributed by atoms with E-state index in [4.69, 9.17) is 4.98 Å². The Balaban J connectivity index is 1.61. The van der Waals surface area contributed by atoms with Gasteiger partial charge in [0.15, 0.2) is 0 Å². The van der Waals surface area contributed by atoms with Gasteiger partial charge in [-0.1, -0.05) is 40.2 Å². The Hall–Kier alpha value is -3.58. The van der Waals surface area contributed by atoms with Crippen molar-refractivity contribution in [2.24, 2.45) is 0 Å². The van der Waals surface area contributed by atoms with Crippen molar-refractivity contribution >= 4 is 49.3 Å². The first-order valence-electron chi connectivity index (χ1n) is 9.91. The topological polar surface area (TPSA) is 72.7 Å². The molecule has 0 fully saturated rings. The van der Waals surface area contributed by atoms with Gasteiger partial charge in [-0.3, -0.25) is 14.5 Å². The highest BCUT2D eigenvalue weighted by Crippen LogP contribution is 2.30. The summed E-state index contributed by atoms with van der Waals surface area (Å²) in [5.74, 6) is -0.211. The Kier molecular flexibility index (Phi) is 4.95. The maximum atomic E-state index is 13.4. The van der Waals surface area contributed by atoms with E-state index in [9.17, 15) is 4.79 Å². The number of carbonyl (C=O) groups is 1. The van der Waals surface area contributed by atoms with Crippen LogP contribution in [-0.2, 0) is 6.54 Å². The van der Waals surface area contributed by atoms with E-state index in [0.29, 0.717) is 16.9 Å². The molecule has 0 aliphatic heterocycles. The maximum absolute atomic E-state index is 13.4. The second-order valence-corrected chi connectivity index (χ2v) is 7.96. The van der Waals surface area contributed by atoms with Gasteiger partial charge in [-0.2, -0.15) is 5.10 Å². The number of amides is 1. The van der Waals surface area contributed by atoms with E-state index in [1.54, 1.807) is 12.4 Å². The Morgan fingerprint density at radius 1 is 1.10 bits per heavy atom. The van der Waals surface area contributed by atoms with Crippen LogP contribution < -0.4 is 5.32 Å². The summed E-state index contributed by atoms with van der Waals surface area (Å²) in [5.41, 5.74) is 4.28. The quantitative estimate of drug-likeness (QED) is 0.365. The van der Waals surface area contributed by atoms with E-state index in [1.165, 1.54) is 0 Å². The van der Waals surface area contributed by atoms with Crippen LogP contribution in [0.4, 0.5) is 5.69 Å². The van der Waals surface area contributed by atoms with Gasteiger partial charge < -0.3 is 5.32 Å². The number of carbonyl (C=O) groups excluding carboxylic acids is 1. The summed E-state index contributed by atoms with van der Waals surface area (Å²) in [4.78, 5) is 22.6. The first-order chi connectivity index (χ1) is 15.1. The molecule has 0 radical (unpaired) electrons. The number of para-hydroxylation sites is 1. The van der Waals surface area contributed by atoms with Crippen molar-refractivity contribution in [3.63, 3.8) is 0 Å². The van der Waals surface area contributed by atoms with E-state index >= 15 is 0 Å². The summed E-state index contributed by atoms with van der Waals surface area (Å²) < 4.78 is 2.77. The number of aryl methyl sites for hydroxylation is 1. The Morgan fingerprint density at radius 2 is 1.94 bits per heavy atom. The molecule has 5 aromatic rings. The zero-order valence-electron chi connectivity index (χ0n) is 16.7. The molecule has 0 aliphatic carbocycles. The average molecular weight is 472 g/mol. The molecule has 1 N–H and O–H groups in total. The lowest BCUT2D eigenvalue weighted by Crippen LogP contribution is -2.13. The summed E-state index contributed by atoms with van der Waals surface area (Å²) in [6.07, 6.45) is 5.43. The average Bonchev–Trinajstić information content (AvgIpc) is 3.30. The van der Waals surface area contributed by atoms with E-state index in [-0.39, 0.29) is 5.91 Å². The number of aromatic nitrogens is 4. The van der Waals surface area contributed by atoms with Crippen molar-refractivity contribution in [3.8, 4) is 11.3 Å². The maximum Gasteiger partial charge on any atom is 0.256 e. The monoisotopic (exact) mass is 471 g/mol. The second kappa shape index (κ2) is 7.92. The van der Waals surface area contributed by atoms with Crippen molar-refractivity contribution < 1.29 is 4.79 Å². The minimum Gasteiger partial charge on any atom is -0.320 e. The number of benzene rings is 2. The highest BCUT2D eigenvalue weighted by atomic mass is 79.9. The molecule has 0 atom stereocenters. The fourth-order valence-corrected chi connectivity index (χ4v) is 4.06. The minimum atomic E-state index is -0.211. The molecule has 0 unspecified atom stereocenters. The number of halogens is 1. The van der Waals surface area contributed by atoms with Crippen LogP contribution >= 0.6 is 15.9 Å². The third-order valence-corrected chi connectivity index (χ3v) is 5.87. The highest BCUT2D eigenvalue weighted by Gasteiger charge is 2.16. The lowest BCUT2D eigenvalue weighted by molar-refractivity contribution is 0.102. The fraction of sp³-hybridized carbons (Fsp3) is 0.0833. The van der Waals surface area contributed by atoms with Gasteiger partial charge in [-0.25, -0.2) is 4.98 Å². The number of hydrogen-bond acceptors (Lipinski definition) is 4. The van der Waals surface area contributed by atoms with E-state index < -0.39 is 0 Å². The second-order valence-electron chi connectivity index (χ2n) is 7.11. The molecular weight excluding hydrogens is 454 g/mol. The molecule has 0 saturated carbocycles. The molecule has 31 heavy (non-hydrogen) atoms. The number of nitrogens with one attached hydrogen (secondary N) is 1. The molecule has 3 aromatic heterocycles. The minimum absolute atomic E-state index is 0.211. The number of anilines is 1. The predicted octanol–water partition coefficient (Wildman–Crippen LogP) is 5.68. The molecule has 3 heterocycles. The first kappa shape index (κ1) is 19.4. The smallest absolute Gasteiger partial charge is 0.256 e. The van der Waals surface area contributed by atoms with Crippen LogP contribution in [0.1, 0.15) is 17.3 Å². The predicted molar refractivity (Wildman–Crippen MR) is 126 cm³/mol. The third-order valence-electron chi connectivity index (χ3n) is 5.18. The SMILES string of the molecule is CCn1cc(-c2cc(C(=O)Nc3ccc(Br)c4cccnc34)c3ccccc3n2)cn1. The summed E-state index contributed by atoms with van der Waals surface area (Å²) in [6, 6.07) is 17.1.